The van der Waals surface area contributed by atoms with E-state index in [0.717, 1.165) is 15.9 Å². The van der Waals surface area contributed by atoms with Crippen molar-refractivity contribution in [3.8, 4) is 0 Å². The van der Waals surface area contributed by atoms with Gasteiger partial charge in [-0.05, 0) is 29.6 Å². The second-order valence-corrected chi connectivity index (χ2v) is 5.01. The van der Waals surface area contributed by atoms with Crippen molar-refractivity contribution in [2.24, 2.45) is 5.92 Å². The van der Waals surface area contributed by atoms with Crippen molar-refractivity contribution in [1.29, 1.82) is 0 Å². The molecule has 0 aliphatic carbocycles. The van der Waals surface area contributed by atoms with Crippen molar-refractivity contribution >= 4 is 33.4 Å². The summed E-state index contributed by atoms with van der Waals surface area (Å²) in [6, 6.07) is 7.12. The van der Waals surface area contributed by atoms with E-state index in [1.807, 2.05) is 38.1 Å². The topological polar surface area (TPSA) is 62.2 Å². The van der Waals surface area contributed by atoms with Gasteiger partial charge in [0.1, 0.15) is 11.0 Å². The third kappa shape index (κ3) is 2.39. The molecule has 0 aliphatic heterocycles. The number of anilines is 1. The van der Waals surface area contributed by atoms with Gasteiger partial charge in [-0.1, -0.05) is 26.0 Å². The molecule has 0 radical (unpaired) electrons. The lowest BCUT2D eigenvalue weighted by atomic mass is 10.1. The highest BCUT2D eigenvalue weighted by atomic mass is 32.1. The molecule has 17 heavy (non-hydrogen) atoms. The number of carbonyl (C=O) groups is 1. The first-order chi connectivity index (χ1) is 8.09. The molecule has 0 bridgehead atoms. The van der Waals surface area contributed by atoms with E-state index in [-0.39, 0.29) is 5.92 Å². The van der Waals surface area contributed by atoms with Gasteiger partial charge in [-0.25, -0.2) is 4.79 Å². The van der Waals surface area contributed by atoms with Crippen molar-refractivity contribution in [2.45, 2.75) is 19.9 Å². The molecule has 2 rings (SSSR count). The fraction of sp³-hybridized carbons (Fsp3) is 0.333. The van der Waals surface area contributed by atoms with Crippen molar-refractivity contribution in [3.63, 3.8) is 0 Å². The fourth-order valence-electron chi connectivity index (χ4n) is 1.65. The second kappa shape index (κ2) is 4.71. The molecule has 1 atom stereocenters. The lowest BCUT2D eigenvalue weighted by Gasteiger charge is -2.17. The van der Waals surface area contributed by atoms with Gasteiger partial charge in [-0.2, -0.15) is 4.37 Å². The molecule has 1 aromatic heterocycles. The zero-order valence-corrected chi connectivity index (χ0v) is 10.5. The molecule has 0 saturated carbocycles. The molecule has 5 heteroatoms. The molecule has 1 unspecified atom stereocenters. The van der Waals surface area contributed by atoms with Crippen LogP contribution in [0.15, 0.2) is 24.3 Å². The number of hydrogen-bond donors (Lipinski definition) is 2. The Hall–Kier alpha value is -1.62. The van der Waals surface area contributed by atoms with E-state index in [4.69, 9.17) is 5.11 Å². The van der Waals surface area contributed by atoms with Crippen LogP contribution >= 0.6 is 11.5 Å². The molecule has 2 aromatic rings. The van der Waals surface area contributed by atoms with Gasteiger partial charge in [0.05, 0.1) is 5.52 Å². The number of carboxylic acid groups (broad SMARTS) is 1. The van der Waals surface area contributed by atoms with Gasteiger partial charge < -0.3 is 10.4 Å². The highest BCUT2D eigenvalue weighted by Crippen LogP contribution is 2.28. The number of carboxylic acids is 1. The van der Waals surface area contributed by atoms with Gasteiger partial charge in [-0.3, -0.25) is 0 Å². The van der Waals surface area contributed by atoms with E-state index < -0.39 is 12.0 Å². The number of aromatic nitrogens is 1. The van der Waals surface area contributed by atoms with Crippen LogP contribution in [-0.2, 0) is 4.79 Å². The lowest BCUT2D eigenvalue weighted by Crippen LogP contribution is -2.33. The van der Waals surface area contributed by atoms with Crippen LogP contribution in [0.5, 0.6) is 0 Å². The van der Waals surface area contributed by atoms with Crippen LogP contribution in [-0.4, -0.2) is 21.5 Å². The third-order valence-corrected chi connectivity index (χ3v) is 3.41. The van der Waals surface area contributed by atoms with Gasteiger partial charge in [0.25, 0.3) is 0 Å². The van der Waals surface area contributed by atoms with E-state index in [0.29, 0.717) is 0 Å². The zero-order valence-electron chi connectivity index (χ0n) is 9.68. The Bertz CT molecular complexity index is 536. The molecule has 90 valence electrons. The maximum Gasteiger partial charge on any atom is 0.326 e. The van der Waals surface area contributed by atoms with Crippen molar-refractivity contribution in [1.82, 2.24) is 4.37 Å². The molecular weight excluding hydrogens is 236 g/mol. The van der Waals surface area contributed by atoms with E-state index in [1.54, 1.807) is 0 Å². The Labute approximate surface area is 103 Å². The van der Waals surface area contributed by atoms with Crippen molar-refractivity contribution in [3.05, 3.63) is 24.3 Å². The minimum Gasteiger partial charge on any atom is -0.480 e. The fourth-order valence-corrected chi connectivity index (χ4v) is 2.45. The SMILES string of the molecule is CC(C)C(Nc1snc2ccccc12)C(=O)O. The second-order valence-electron chi connectivity index (χ2n) is 4.23. The molecule has 1 heterocycles. The molecule has 0 spiro atoms. The summed E-state index contributed by atoms with van der Waals surface area (Å²) in [6.07, 6.45) is 0. The van der Waals surface area contributed by atoms with Gasteiger partial charge in [-0.15, -0.1) is 0 Å². The average molecular weight is 250 g/mol. The Morgan fingerprint density at radius 1 is 1.41 bits per heavy atom. The third-order valence-electron chi connectivity index (χ3n) is 2.60. The molecule has 0 aliphatic rings. The molecule has 0 saturated heterocycles. The number of rotatable bonds is 4. The number of benzene rings is 1. The lowest BCUT2D eigenvalue weighted by molar-refractivity contribution is -0.138. The minimum atomic E-state index is -0.836. The monoisotopic (exact) mass is 250 g/mol. The Morgan fingerprint density at radius 3 is 2.76 bits per heavy atom. The average Bonchev–Trinajstić information content (AvgIpc) is 2.68. The molecule has 0 fully saturated rings. The number of fused-ring (bicyclic) bond motifs is 1. The maximum atomic E-state index is 11.1. The normalized spacial score (nSPS) is 12.9. The van der Waals surface area contributed by atoms with Crippen LogP contribution in [0, 0.1) is 5.92 Å². The summed E-state index contributed by atoms with van der Waals surface area (Å²) in [5, 5.41) is 14.0. The van der Waals surface area contributed by atoms with Crippen LogP contribution < -0.4 is 5.32 Å². The zero-order chi connectivity index (χ0) is 12.4. The Morgan fingerprint density at radius 2 is 2.12 bits per heavy atom. The summed E-state index contributed by atoms with van der Waals surface area (Å²) < 4.78 is 4.28. The van der Waals surface area contributed by atoms with Crippen molar-refractivity contribution < 1.29 is 9.90 Å². The van der Waals surface area contributed by atoms with E-state index >= 15 is 0 Å². The standard InChI is InChI=1S/C12H14N2O2S/c1-7(2)10(12(15)16)13-11-8-5-3-4-6-9(8)14-17-11/h3-7,10,13H,1-2H3,(H,15,16). The van der Waals surface area contributed by atoms with Crippen LogP contribution in [0.25, 0.3) is 10.9 Å². The summed E-state index contributed by atoms with van der Waals surface area (Å²) in [4.78, 5) is 11.1. The first-order valence-electron chi connectivity index (χ1n) is 5.43. The summed E-state index contributed by atoms with van der Waals surface area (Å²) in [5.41, 5.74) is 0.896. The Balaban J connectivity index is 2.31. The number of aliphatic carboxylic acids is 1. The van der Waals surface area contributed by atoms with Gasteiger partial charge in [0, 0.05) is 5.39 Å². The molecule has 1 aromatic carbocycles. The van der Waals surface area contributed by atoms with Crippen LogP contribution in [0.1, 0.15) is 13.8 Å². The molecular formula is C12H14N2O2S. The molecule has 2 N–H and O–H groups in total. The number of nitrogens with zero attached hydrogens (tertiary/aromatic N) is 1. The maximum absolute atomic E-state index is 11.1. The highest BCUT2D eigenvalue weighted by molar-refractivity contribution is 7.11. The van der Waals surface area contributed by atoms with E-state index in [9.17, 15) is 4.79 Å². The quantitative estimate of drug-likeness (QED) is 0.876. The first-order valence-corrected chi connectivity index (χ1v) is 6.20. The molecule has 4 nitrogen and oxygen atoms in total. The summed E-state index contributed by atoms with van der Waals surface area (Å²) in [5.74, 6) is -0.814. The smallest absolute Gasteiger partial charge is 0.326 e. The van der Waals surface area contributed by atoms with Gasteiger partial charge >= 0.3 is 5.97 Å². The van der Waals surface area contributed by atoms with Gasteiger partial charge in [0.2, 0.25) is 0 Å². The minimum absolute atomic E-state index is 0.0216. The highest BCUT2D eigenvalue weighted by Gasteiger charge is 2.22. The first kappa shape index (κ1) is 11.9. The Kier molecular flexibility index (Phi) is 3.28. The largest absolute Gasteiger partial charge is 0.480 e. The number of nitrogens with one attached hydrogen (secondary N) is 1. The van der Waals surface area contributed by atoms with Crippen molar-refractivity contribution in [2.75, 3.05) is 5.32 Å². The summed E-state index contributed by atoms with van der Waals surface area (Å²) in [6.45, 7) is 3.77. The predicted octanol–water partition coefficient (Wildman–Crippen LogP) is 2.82. The van der Waals surface area contributed by atoms with E-state index in [1.165, 1.54) is 11.5 Å². The summed E-state index contributed by atoms with van der Waals surface area (Å²) in [7, 11) is 0. The summed E-state index contributed by atoms with van der Waals surface area (Å²) >= 11 is 1.30. The van der Waals surface area contributed by atoms with Crippen LogP contribution in [0.3, 0.4) is 0 Å². The van der Waals surface area contributed by atoms with Crippen LogP contribution in [0.2, 0.25) is 0 Å². The number of hydrogen-bond acceptors (Lipinski definition) is 4. The van der Waals surface area contributed by atoms with Crippen LogP contribution in [0.4, 0.5) is 5.00 Å². The van der Waals surface area contributed by atoms with E-state index in [2.05, 4.69) is 9.69 Å². The molecule has 0 amide bonds. The van der Waals surface area contributed by atoms with Gasteiger partial charge in [0.15, 0.2) is 0 Å². The predicted molar refractivity (Wildman–Crippen MR) is 69.5 cm³/mol.